The van der Waals surface area contributed by atoms with Gasteiger partial charge in [-0.05, 0) is 13.8 Å². The van der Waals surface area contributed by atoms with E-state index in [4.69, 9.17) is 5.73 Å². The van der Waals surface area contributed by atoms with Gasteiger partial charge in [-0.15, -0.1) is 0 Å². The number of hydrogen-bond acceptors (Lipinski definition) is 3. The van der Waals surface area contributed by atoms with Crippen LogP contribution in [-0.2, 0) is 0 Å². The molecule has 0 rings (SSSR count). The van der Waals surface area contributed by atoms with E-state index in [1.54, 1.807) is 0 Å². The van der Waals surface area contributed by atoms with Gasteiger partial charge in [-0.1, -0.05) is 6.58 Å². The van der Waals surface area contributed by atoms with E-state index in [-0.39, 0.29) is 0 Å². The van der Waals surface area contributed by atoms with Gasteiger partial charge in [0.2, 0.25) is 0 Å². The number of hydrogen-bond donors (Lipinski definition) is 2. The zero-order valence-electron chi connectivity index (χ0n) is 6.31. The van der Waals surface area contributed by atoms with Gasteiger partial charge >= 0.3 is 0 Å². The van der Waals surface area contributed by atoms with Crippen molar-refractivity contribution in [3.05, 3.63) is 12.4 Å². The number of nitrogens with two attached hydrogens (primary N) is 1. The van der Waals surface area contributed by atoms with Gasteiger partial charge in [0.1, 0.15) is 5.82 Å². The molecule has 0 fully saturated rings. The molecular formula is C6H15N3. The van der Waals surface area contributed by atoms with Crippen molar-refractivity contribution in [2.75, 3.05) is 7.05 Å². The summed E-state index contributed by atoms with van der Waals surface area (Å²) < 4.78 is 0. The Labute approximate surface area is 56.5 Å². The molecule has 0 atom stereocenters. The second-order valence-electron chi connectivity index (χ2n) is 2.34. The maximum absolute atomic E-state index is 5.28. The minimum Gasteiger partial charge on any atom is -0.385 e. The quantitative estimate of drug-likeness (QED) is 0.537. The zero-order chi connectivity index (χ0) is 7.44. The minimum atomic E-state index is 0.435. The van der Waals surface area contributed by atoms with Crippen molar-refractivity contribution in [3.63, 3.8) is 0 Å². The van der Waals surface area contributed by atoms with E-state index in [2.05, 4.69) is 25.9 Å². The smallest absolute Gasteiger partial charge is 0.103 e. The fourth-order valence-corrected chi connectivity index (χ4v) is 0.356. The highest BCUT2D eigenvalue weighted by molar-refractivity contribution is 4.80. The van der Waals surface area contributed by atoms with E-state index < -0.39 is 0 Å². The van der Waals surface area contributed by atoms with Crippen LogP contribution in [0.3, 0.4) is 0 Å². The highest BCUT2D eigenvalue weighted by Crippen LogP contribution is 1.87. The number of rotatable bonds is 3. The van der Waals surface area contributed by atoms with E-state index in [0.29, 0.717) is 11.9 Å². The molecule has 0 saturated heterocycles. The lowest BCUT2D eigenvalue weighted by molar-refractivity contribution is 0.211. The van der Waals surface area contributed by atoms with Crippen LogP contribution >= 0.6 is 0 Å². The maximum Gasteiger partial charge on any atom is 0.103 e. The lowest BCUT2D eigenvalue weighted by Gasteiger charge is -2.22. The van der Waals surface area contributed by atoms with Gasteiger partial charge in [-0.2, -0.15) is 0 Å². The van der Waals surface area contributed by atoms with Gasteiger partial charge in [0, 0.05) is 13.1 Å². The number of hydrazine groups is 1. The zero-order valence-corrected chi connectivity index (χ0v) is 6.31. The predicted molar refractivity (Wildman–Crippen MR) is 39.4 cm³/mol. The average Bonchev–Trinajstić information content (AvgIpc) is 1.63. The molecule has 0 radical (unpaired) electrons. The Balaban J connectivity index is 3.50. The summed E-state index contributed by atoms with van der Waals surface area (Å²) in [5.74, 6) is 0.478. The summed E-state index contributed by atoms with van der Waals surface area (Å²) in [7, 11) is 1.92. The van der Waals surface area contributed by atoms with Gasteiger partial charge in [-0.3, -0.25) is 0 Å². The molecule has 3 N–H and O–H groups in total. The average molecular weight is 129 g/mol. The largest absolute Gasteiger partial charge is 0.385 e. The van der Waals surface area contributed by atoms with E-state index in [0.717, 1.165) is 0 Å². The second kappa shape index (κ2) is 3.35. The first-order chi connectivity index (χ1) is 4.04. The molecule has 0 aromatic rings. The lowest BCUT2D eigenvalue weighted by Crippen LogP contribution is -2.40. The third kappa shape index (κ3) is 3.85. The van der Waals surface area contributed by atoms with Crippen LogP contribution in [0.1, 0.15) is 13.8 Å². The van der Waals surface area contributed by atoms with Crippen molar-refractivity contribution in [1.29, 1.82) is 0 Å². The summed E-state index contributed by atoms with van der Waals surface area (Å²) in [5.41, 5.74) is 8.14. The van der Waals surface area contributed by atoms with Crippen LogP contribution in [0.4, 0.5) is 0 Å². The highest BCUT2D eigenvalue weighted by Gasteiger charge is 1.99. The number of nitrogens with zero attached hydrogens (tertiary/aromatic N) is 1. The van der Waals surface area contributed by atoms with Crippen LogP contribution in [0.5, 0.6) is 0 Å². The molecule has 0 aromatic heterocycles. The van der Waals surface area contributed by atoms with Crippen LogP contribution in [0.2, 0.25) is 0 Å². The number of nitrogens with one attached hydrogen (secondary N) is 1. The molecule has 0 unspecified atom stereocenters. The Kier molecular flexibility index (Phi) is 3.09. The van der Waals surface area contributed by atoms with Crippen LogP contribution in [0.15, 0.2) is 12.4 Å². The molecule has 0 aliphatic heterocycles. The summed E-state index contributed by atoms with van der Waals surface area (Å²) in [4.78, 5) is 0. The molecule has 9 heavy (non-hydrogen) atoms. The molecule has 0 amide bonds. The van der Waals surface area contributed by atoms with Gasteiger partial charge in [0.05, 0.1) is 0 Å². The van der Waals surface area contributed by atoms with Gasteiger partial charge in [0.15, 0.2) is 0 Å². The normalized spacial score (nSPS) is 10.3. The van der Waals surface area contributed by atoms with Gasteiger partial charge in [-0.25, -0.2) is 5.01 Å². The Morgan fingerprint density at radius 1 is 1.67 bits per heavy atom. The monoisotopic (exact) mass is 129 g/mol. The predicted octanol–water partition coefficient (Wildman–Crippen LogP) is 0.261. The third-order valence-corrected chi connectivity index (χ3v) is 1.09. The molecule has 3 nitrogen and oxygen atoms in total. The third-order valence-electron chi connectivity index (χ3n) is 1.09. The van der Waals surface area contributed by atoms with Crippen LogP contribution in [0, 0.1) is 0 Å². The van der Waals surface area contributed by atoms with Crippen molar-refractivity contribution in [2.45, 2.75) is 19.9 Å². The van der Waals surface area contributed by atoms with E-state index >= 15 is 0 Å². The Morgan fingerprint density at radius 2 is 2.11 bits per heavy atom. The molecule has 54 valence electrons. The molecular weight excluding hydrogens is 114 g/mol. The molecule has 0 heterocycles. The molecule has 0 aromatic carbocycles. The molecule has 3 heteroatoms. The minimum absolute atomic E-state index is 0.435. The van der Waals surface area contributed by atoms with Crippen molar-refractivity contribution >= 4 is 0 Å². The molecule has 0 aliphatic carbocycles. The van der Waals surface area contributed by atoms with Crippen molar-refractivity contribution in [1.82, 2.24) is 10.4 Å². The van der Waals surface area contributed by atoms with Gasteiger partial charge < -0.3 is 11.2 Å². The molecule has 0 spiro atoms. The first kappa shape index (κ1) is 8.30. The molecule has 0 bridgehead atoms. The van der Waals surface area contributed by atoms with Crippen molar-refractivity contribution in [3.8, 4) is 0 Å². The summed E-state index contributed by atoms with van der Waals surface area (Å²) >= 11 is 0. The lowest BCUT2D eigenvalue weighted by atomic mass is 10.4. The van der Waals surface area contributed by atoms with Crippen LogP contribution in [0.25, 0.3) is 0 Å². The first-order valence-electron chi connectivity index (χ1n) is 2.98. The highest BCUT2D eigenvalue weighted by atomic mass is 15.5. The first-order valence-corrected chi connectivity index (χ1v) is 2.98. The van der Waals surface area contributed by atoms with E-state index in [1.807, 2.05) is 12.1 Å². The van der Waals surface area contributed by atoms with Crippen LogP contribution < -0.4 is 11.2 Å². The van der Waals surface area contributed by atoms with Gasteiger partial charge in [0.25, 0.3) is 0 Å². The van der Waals surface area contributed by atoms with Crippen molar-refractivity contribution in [2.24, 2.45) is 5.73 Å². The summed E-state index contributed by atoms with van der Waals surface area (Å²) in [6.45, 7) is 7.63. The Hall–Kier alpha value is -0.700. The summed E-state index contributed by atoms with van der Waals surface area (Å²) in [5, 5.41) is 1.89. The van der Waals surface area contributed by atoms with Crippen LogP contribution in [-0.4, -0.2) is 18.1 Å². The maximum atomic E-state index is 5.28. The van der Waals surface area contributed by atoms with Crippen molar-refractivity contribution < 1.29 is 0 Å². The molecule has 0 aliphatic rings. The SMILES string of the molecule is C=C(N)NN(C)C(C)C. The Bertz CT molecular complexity index is 98.5. The second-order valence-corrected chi connectivity index (χ2v) is 2.34. The standard InChI is InChI=1S/C6H15N3/c1-5(2)9(4)8-6(3)7/h5,8H,3,7H2,1-2,4H3. The fraction of sp³-hybridized carbons (Fsp3) is 0.667. The van der Waals surface area contributed by atoms with E-state index in [1.165, 1.54) is 0 Å². The fourth-order valence-electron chi connectivity index (χ4n) is 0.356. The summed E-state index contributed by atoms with van der Waals surface area (Å²) in [6.07, 6.45) is 0. The topological polar surface area (TPSA) is 41.3 Å². The van der Waals surface area contributed by atoms with E-state index in [9.17, 15) is 0 Å². The Morgan fingerprint density at radius 3 is 2.22 bits per heavy atom. The summed E-state index contributed by atoms with van der Waals surface area (Å²) in [6, 6.07) is 0.435. The molecule has 0 saturated carbocycles.